The van der Waals surface area contributed by atoms with Crippen molar-refractivity contribution in [2.75, 3.05) is 26.4 Å². The number of allylic oxidation sites excluding steroid dienone is 2. The van der Waals surface area contributed by atoms with Gasteiger partial charge in [-0.05, 0) is 13.8 Å². The van der Waals surface area contributed by atoms with Gasteiger partial charge < -0.3 is 20.1 Å². The minimum Gasteiger partial charge on any atom is -0.478 e. The normalized spacial score (nSPS) is 7.50. The molecule has 0 aromatic carbocycles. The van der Waals surface area contributed by atoms with Crippen LogP contribution < -0.4 is 0 Å². The Bertz CT molecular complexity index is 260. The number of hydrogen-bond donors (Lipinski definition) is 3. The molecule has 6 heteroatoms. The standard InChI is InChI=1S/C5H8O2.C4H10O3.C3H3N/c1-4(2)3-5(6)7;5-1-3-7-4-2-6;1-2-3-4/h3H,1-2H3,(H,6,7);5-6H,1-4H2;2H,1H2. The molecular weight excluding hydrogens is 238 g/mol. The van der Waals surface area contributed by atoms with Crippen LogP contribution in [0.15, 0.2) is 24.3 Å². The summed E-state index contributed by atoms with van der Waals surface area (Å²) in [5.74, 6) is -0.875. The highest BCUT2D eigenvalue weighted by Gasteiger charge is 1.83. The SMILES string of the molecule is C=CC#N.CC(C)=CC(=O)O.OCCOCCO. The highest BCUT2D eigenvalue weighted by molar-refractivity contribution is 5.80. The summed E-state index contributed by atoms with van der Waals surface area (Å²) in [4.78, 5) is 9.73. The molecule has 3 N–H and O–H groups in total. The number of carboxylic acids is 1. The summed E-state index contributed by atoms with van der Waals surface area (Å²) in [6, 6.07) is 1.69. The Kier molecular flexibility index (Phi) is 24.8. The maximum Gasteiger partial charge on any atom is 0.328 e. The van der Waals surface area contributed by atoms with Crippen molar-refractivity contribution in [3.05, 3.63) is 24.3 Å². The van der Waals surface area contributed by atoms with Gasteiger partial charge in [-0.1, -0.05) is 12.2 Å². The molecule has 0 aromatic heterocycles. The molecule has 0 bridgehead atoms. The van der Waals surface area contributed by atoms with Crippen LogP contribution in [0, 0.1) is 11.3 Å². The molecule has 0 saturated heterocycles. The van der Waals surface area contributed by atoms with E-state index in [1.165, 1.54) is 12.2 Å². The zero-order valence-electron chi connectivity index (χ0n) is 10.8. The van der Waals surface area contributed by atoms with E-state index in [9.17, 15) is 4.79 Å². The molecule has 6 nitrogen and oxygen atoms in total. The van der Waals surface area contributed by atoms with Gasteiger partial charge in [0.05, 0.1) is 32.5 Å². The smallest absolute Gasteiger partial charge is 0.328 e. The number of rotatable bonds is 5. The van der Waals surface area contributed by atoms with Crippen molar-refractivity contribution in [1.82, 2.24) is 0 Å². The third-order valence-electron chi connectivity index (χ3n) is 0.975. The zero-order chi connectivity index (χ0) is 14.8. The van der Waals surface area contributed by atoms with Gasteiger partial charge in [-0.3, -0.25) is 0 Å². The first-order valence-corrected chi connectivity index (χ1v) is 5.14. The molecule has 0 radical (unpaired) electrons. The van der Waals surface area contributed by atoms with Crippen LogP contribution in [-0.4, -0.2) is 47.7 Å². The van der Waals surface area contributed by atoms with Crippen LogP contribution in [0.5, 0.6) is 0 Å². The van der Waals surface area contributed by atoms with Crippen molar-refractivity contribution < 1.29 is 24.9 Å². The average molecular weight is 259 g/mol. The van der Waals surface area contributed by atoms with Crippen LogP contribution in [0.3, 0.4) is 0 Å². The number of carbonyl (C=O) groups is 1. The minimum absolute atomic E-state index is 0.0278. The van der Waals surface area contributed by atoms with Crippen molar-refractivity contribution >= 4 is 5.97 Å². The average Bonchev–Trinajstić information content (AvgIpc) is 2.29. The minimum atomic E-state index is -0.875. The Hall–Kier alpha value is -1.68. The van der Waals surface area contributed by atoms with Crippen LogP contribution in [-0.2, 0) is 9.53 Å². The maximum atomic E-state index is 9.73. The molecule has 0 fully saturated rings. The van der Waals surface area contributed by atoms with E-state index in [0.29, 0.717) is 13.2 Å². The van der Waals surface area contributed by atoms with Gasteiger partial charge in [-0.25, -0.2) is 4.79 Å². The fourth-order valence-corrected chi connectivity index (χ4v) is 0.478. The molecular formula is C12H21NO5. The summed E-state index contributed by atoms with van der Waals surface area (Å²) >= 11 is 0. The van der Waals surface area contributed by atoms with Crippen molar-refractivity contribution in [2.24, 2.45) is 0 Å². The fraction of sp³-hybridized carbons (Fsp3) is 0.500. The van der Waals surface area contributed by atoms with Gasteiger partial charge in [0, 0.05) is 12.2 Å². The molecule has 0 unspecified atom stereocenters. The number of hydrogen-bond acceptors (Lipinski definition) is 5. The van der Waals surface area contributed by atoms with Crippen molar-refractivity contribution in [3.63, 3.8) is 0 Å². The van der Waals surface area contributed by atoms with Gasteiger partial charge >= 0.3 is 5.97 Å². The van der Waals surface area contributed by atoms with Gasteiger partial charge in [-0.15, -0.1) is 0 Å². The lowest BCUT2D eigenvalue weighted by Gasteiger charge is -1.94. The molecule has 0 aliphatic heterocycles. The van der Waals surface area contributed by atoms with Gasteiger partial charge in [-0.2, -0.15) is 5.26 Å². The second-order valence-corrected chi connectivity index (χ2v) is 2.95. The Morgan fingerprint density at radius 3 is 1.83 bits per heavy atom. The van der Waals surface area contributed by atoms with Gasteiger partial charge in [0.1, 0.15) is 0 Å². The number of carboxylic acid groups (broad SMARTS) is 1. The van der Waals surface area contributed by atoms with Crippen LogP contribution in [0.2, 0.25) is 0 Å². The lowest BCUT2D eigenvalue weighted by atomic mass is 10.3. The summed E-state index contributed by atoms with van der Waals surface area (Å²) in [5.41, 5.74) is 0.813. The third-order valence-corrected chi connectivity index (χ3v) is 0.975. The van der Waals surface area contributed by atoms with Crippen LogP contribution >= 0.6 is 0 Å². The molecule has 0 aliphatic rings. The summed E-state index contributed by atoms with van der Waals surface area (Å²) in [6.07, 6.45) is 2.35. The predicted octanol–water partition coefficient (Wildman–Crippen LogP) is 0.721. The first-order valence-electron chi connectivity index (χ1n) is 5.14. The fourth-order valence-electron chi connectivity index (χ4n) is 0.478. The first-order chi connectivity index (χ1) is 8.45. The van der Waals surface area contributed by atoms with E-state index < -0.39 is 5.97 Å². The van der Waals surface area contributed by atoms with E-state index in [0.717, 1.165) is 5.57 Å². The molecule has 0 heterocycles. The van der Waals surface area contributed by atoms with Crippen molar-refractivity contribution in [1.29, 1.82) is 5.26 Å². The lowest BCUT2D eigenvalue weighted by molar-refractivity contribution is -0.131. The van der Waals surface area contributed by atoms with E-state index in [-0.39, 0.29) is 13.2 Å². The second-order valence-electron chi connectivity index (χ2n) is 2.95. The highest BCUT2D eigenvalue weighted by atomic mass is 16.5. The summed E-state index contributed by atoms with van der Waals surface area (Å²) in [6.45, 7) is 7.30. The molecule has 104 valence electrons. The number of aliphatic carboxylic acids is 1. The Morgan fingerprint density at radius 1 is 1.33 bits per heavy atom. The van der Waals surface area contributed by atoms with Gasteiger partial charge in [0.25, 0.3) is 0 Å². The number of aliphatic hydroxyl groups is 2. The van der Waals surface area contributed by atoms with E-state index in [2.05, 4.69) is 11.3 Å². The molecule has 0 rings (SSSR count). The van der Waals surface area contributed by atoms with Gasteiger partial charge in [0.2, 0.25) is 0 Å². The number of aliphatic hydroxyl groups excluding tert-OH is 2. The van der Waals surface area contributed by atoms with E-state index in [1.54, 1.807) is 19.9 Å². The molecule has 18 heavy (non-hydrogen) atoms. The first kappa shape index (κ1) is 21.6. The van der Waals surface area contributed by atoms with Crippen LogP contribution in [0.1, 0.15) is 13.8 Å². The molecule has 0 spiro atoms. The number of ether oxygens (including phenoxy) is 1. The van der Waals surface area contributed by atoms with E-state index in [1.807, 2.05) is 0 Å². The van der Waals surface area contributed by atoms with Crippen LogP contribution in [0.25, 0.3) is 0 Å². The molecule has 0 atom stereocenters. The Labute approximate surface area is 107 Å². The quantitative estimate of drug-likeness (QED) is 0.381. The Balaban J connectivity index is -0.000000196. The van der Waals surface area contributed by atoms with Crippen molar-refractivity contribution in [3.8, 4) is 6.07 Å². The lowest BCUT2D eigenvalue weighted by Crippen LogP contribution is -2.03. The largest absolute Gasteiger partial charge is 0.478 e. The topological polar surface area (TPSA) is 111 Å². The summed E-state index contributed by atoms with van der Waals surface area (Å²) in [7, 11) is 0. The molecule has 0 aromatic rings. The van der Waals surface area contributed by atoms with Crippen LogP contribution in [0.4, 0.5) is 0 Å². The third kappa shape index (κ3) is 47.4. The number of nitrogens with zero attached hydrogens (tertiary/aromatic N) is 1. The van der Waals surface area contributed by atoms with Gasteiger partial charge in [0.15, 0.2) is 0 Å². The molecule has 0 saturated carbocycles. The van der Waals surface area contributed by atoms with E-state index in [4.69, 9.17) is 20.6 Å². The van der Waals surface area contributed by atoms with E-state index >= 15 is 0 Å². The Morgan fingerprint density at radius 2 is 1.72 bits per heavy atom. The number of nitriles is 1. The second kappa shape index (κ2) is 20.7. The molecule has 0 aliphatic carbocycles. The highest BCUT2D eigenvalue weighted by Crippen LogP contribution is 1.85. The maximum absolute atomic E-state index is 9.73. The monoisotopic (exact) mass is 259 g/mol. The van der Waals surface area contributed by atoms with Crippen molar-refractivity contribution in [2.45, 2.75) is 13.8 Å². The molecule has 0 amide bonds. The zero-order valence-corrected chi connectivity index (χ0v) is 10.8. The summed E-state index contributed by atoms with van der Waals surface area (Å²) < 4.78 is 4.63. The summed E-state index contributed by atoms with van der Waals surface area (Å²) in [5, 5.41) is 31.7. The predicted molar refractivity (Wildman–Crippen MR) is 67.9 cm³/mol.